The number of hydrogen-bond donors (Lipinski definition) is 0. The van der Waals surface area contributed by atoms with Crippen molar-refractivity contribution in [2.45, 2.75) is 32.6 Å². The zero-order chi connectivity index (χ0) is 6.24. The second-order valence-corrected chi connectivity index (χ2v) is 2.05. The highest BCUT2D eigenvalue weighted by molar-refractivity contribution is 5.97. The van der Waals surface area contributed by atoms with Gasteiger partial charge in [0.05, 0.1) is 0 Å². The number of hydrogen-bond acceptors (Lipinski definition) is 1. The monoisotopic (exact) mass is 114 g/mol. The van der Waals surface area contributed by atoms with Gasteiger partial charge in [0.2, 0.25) is 0 Å². The van der Waals surface area contributed by atoms with Crippen molar-refractivity contribution >= 4 is 8.05 Å². The van der Waals surface area contributed by atoms with Crippen LogP contribution in [0.1, 0.15) is 32.6 Å². The topological polar surface area (TPSA) is 9.23 Å². The molecular formula is C6H15BO. The van der Waals surface area contributed by atoms with Gasteiger partial charge >= 0.3 is 0 Å². The van der Waals surface area contributed by atoms with Gasteiger partial charge in [-0.15, -0.1) is 0 Å². The molecule has 0 unspecified atom stereocenters. The fourth-order valence-electron chi connectivity index (χ4n) is 0.673. The zero-order valence-electron chi connectivity index (χ0n) is 5.94. The molecule has 1 nitrogen and oxygen atoms in total. The second kappa shape index (κ2) is 7.02. The minimum Gasteiger partial charge on any atom is -0.444 e. The summed E-state index contributed by atoms with van der Waals surface area (Å²) in [6, 6.07) is 0. The van der Waals surface area contributed by atoms with Crippen molar-refractivity contribution < 1.29 is 4.65 Å². The van der Waals surface area contributed by atoms with E-state index in [1.807, 2.05) is 0 Å². The average molecular weight is 114 g/mol. The second-order valence-electron chi connectivity index (χ2n) is 2.05. The van der Waals surface area contributed by atoms with E-state index in [-0.39, 0.29) is 0 Å². The standard InChI is InChI=1S/C6H15BO/c1-2-3-4-5-6-8-7/h2-7H2,1H3. The first kappa shape index (κ1) is 8.02. The van der Waals surface area contributed by atoms with Crippen LogP contribution in [0.2, 0.25) is 0 Å². The molecule has 0 bridgehead atoms. The largest absolute Gasteiger partial charge is 0.444 e. The van der Waals surface area contributed by atoms with Gasteiger partial charge in [0.1, 0.15) is 0 Å². The summed E-state index contributed by atoms with van der Waals surface area (Å²) in [6.45, 7) is 3.15. The van der Waals surface area contributed by atoms with Gasteiger partial charge in [-0.3, -0.25) is 0 Å². The molecule has 8 heavy (non-hydrogen) atoms. The smallest absolute Gasteiger partial charge is 0.257 e. The van der Waals surface area contributed by atoms with Crippen LogP contribution in [-0.2, 0) is 4.65 Å². The average Bonchev–Trinajstić information content (AvgIpc) is 1.81. The van der Waals surface area contributed by atoms with Gasteiger partial charge in [-0.25, -0.2) is 0 Å². The summed E-state index contributed by atoms with van der Waals surface area (Å²) in [5, 5.41) is 0. The van der Waals surface area contributed by atoms with E-state index in [1.54, 1.807) is 8.05 Å². The van der Waals surface area contributed by atoms with Crippen molar-refractivity contribution in [3.05, 3.63) is 0 Å². The third-order valence-electron chi connectivity index (χ3n) is 1.20. The maximum Gasteiger partial charge on any atom is 0.257 e. The molecule has 0 saturated heterocycles. The van der Waals surface area contributed by atoms with Crippen LogP contribution in [0.5, 0.6) is 0 Å². The van der Waals surface area contributed by atoms with E-state index < -0.39 is 0 Å². The lowest BCUT2D eigenvalue weighted by Gasteiger charge is -1.95. The normalized spacial score (nSPS) is 9.62. The van der Waals surface area contributed by atoms with E-state index in [2.05, 4.69) is 6.92 Å². The predicted molar refractivity (Wildman–Crippen MR) is 38.6 cm³/mol. The van der Waals surface area contributed by atoms with Gasteiger partial charge in [-0.2, -0.15) is 0 Å². The fourth-order valence-corrected chi connectivity index (χ4v) is 0.673. The molecule has 0 atom stereocenters. The van der Waals surface area contributed by atoms with Gasteiger partial charge in [-0.05, 0) is 6.42 Å². The van der Waals surface area contributed by atoms with E-state index in [0.29, 0.717) is 0 Å². The Balaban J connectivity index is 2.53. The molecule has 0 aliphatic heterocycles. The highest BCUT2D eigenvalue weighted by atomic mass is 16.4. The van der Waals surface area contributed by atoms with Crippen molar-refractivity contribution in [3.63, 3.8) is 0 Å². The Bertz CT molecular complexity index is 33.5. The van der Waals surface area contributed by atoms with Gasteiger partial charge < -0.3 is 4.65 Å². The molecule has 0 aromatic rings. The van der Waals surface area contributed by atoms with E-state index in [9.17, 15) is 0 Å². The van der Waals surface area contributed by atoms with E-state index in [0.717, 1.165) is 6.61 Å². The summed E-state index contributed by atoms with van der Waals surface area (Å²) >= 11 is 0. The summed E-state index contributed by atoms with van der Waals surface area (Å²) < 4.78 is 4.89. The van der Waals surface area contributed by atoms with Crippen LogP contribution in [0.25, 0.3) is 0 Å². The molecule has 0 rings (SSSR count). The van der Waals surface area contributed by atoms with Gasteiger partial charge in [-0.1, -0.05) is 26.2 Å². The van der Waals surface area contributed by atoms with Crippen LogP contribution in [0.4, 0.5) is 0 Å². The van der Waals surface area contributed by atoms with Gasteiger partial charge in [0.25, 0.3) is 8.05 Å². The third-order valence-corrected chi connectivity index (χ3v) is 1.20. The van der Waals surface area contributed by atoms with Crippen LogP contribution in [0.15, 0.2) is 0 Å². The van der Waals surface area contributed by atoms with Crippen LogP contribution in [0, 0.1) is 0 Å². The number of rotatable bonds is 5. The lowest BCUT2D eigenvalue weighted by atomic mass is 10.2. The Hall–Kier alpha value is 0.0249. The van der Waals surface area contributed by atoms with Crippen LogP contribution in [-0.4, -0.2) is 14.7 Å². The first-order chi connectivity index (χ1) is 3.91. The quantitative estimate of drug-likeness (QED) is 0.384. The predicted octanol–water partition coefficient (Wildman–Crippen LogP) is 1.13. The summed E-state index contributed by atoms with van der Waals surface area (Å²) in [7, 11) is 1.76. The molecular weight excluding hydrogens is 98.9 g/mol. The first-order valence-electron chi connectivity index (χ1n) is 3.40. The third kappa shape index (κ3) is 6.02. The summed E-state index contributed by atoms with van der Waals surface area (Å²) in [5.74, 6) is 0. The Morgan fingerprint density at radius 2 is 2.00 bits per heavy atom. The lowest BCUT2D eigenvalue weighted by Crippen LogP contribution is -1.88. The minimum absolute atomic E-state index is 0.931. The molecule has 0 amide bonds. The Kier molecular flexibility index (Phi) is 7.05. The molecule has 0 aliphatic rings. The Labute approximate surface area is 52.9 Å². The van der Waals surface area contributed by atoms with Crippen LogP contribution in [0.3, 0.4) is 0 Å². The van der Waals surface area contributed by atoms with Crippen molar-refractivity contribution in [2.75, 3.05) is 6.61 Å². The molecule has 0 heterocycles. The van der Waals surface area contributed by atoms with Crippen LogP contribution < -0.4 is 0 Å². The van der Waals surface area contributed by atoms with Crippen LogP contribution >= 0.6 is 0 Å². The first-order valence-corrected chi connectivity index (χ1v) is 3.40. The highest BCUT2D eigenvalue weighted by Crippen LogP contribution is 1.97. The summed E-state index contributed by atoms with van der Waals surface area (Å²) in [4.78, 5) is 0. The molecule has 0 aliphatic carbocycles. The zero-order valence-corrected chi connectivity index (χ0v) is 5.94. The maximum atomic E-state index is 4.89. The molecule has 0 N–H and O–H groups in total. The van der Waals surface area contributed by atoms with Gasteiger partial charge in [0, 0.05) is 6.61 Å². The van der Waals surface area contributed by atoms with E-state index in [4.69, 9.17) is 4.65 Å². The molecule has 0 aromatic heterocycles. The van der Waals surface area contributed by atoms with Crippen molar-refractivity contribution in [3.8, 4) is 0 Å². The van der Waals surface area contributed by atoms with Crippen molar-refractivity contribution in [1.82, 2.24) is 0 Å². The molecule has 2 heteroatoms. The van der Waals surface area contributed by atoms with E-state index in [1.165, 1.54) is 25.7 Å². The summed E-state index contributed by atoms with van der Waals surface area (Å²) in [6.07, 6.45) is 5.21. The molecule has 0 fully saturated rings. The molecule has 0 aromatic carbocycles. The van der Waals surface area contributed by atoms with Gasteiger partial charge in [0.15, 0.2) is 0 Å². The maximum absolute atomic E-state index is 4.89. The molecule has 48 valence electrons. The molecule has 0 spiro atoms. The Morgan fingerprint density at radius 1 is 1.25 bits per heavy atom. The highest BCUT2D eigenvalue weighted by Gasteiger charge is 1.83. The minimum atomic E-state index is 0.931. The fraction of sp³-hybridized carbons (Fsp3) is 1.00. The lowest BCUT2D eigenvalue weighted by molar-refractivity contribution is 0.334. The molecule has 0 saturated carbocycles. The SMILES string of the molecule is BOCCCCCC. The summed E-state index contributed by atoms with van der Waals surface area (Å²) in [5.41, 5.74) is 0. The van der Waals surface area contributed by atoms with E-state index >= 15 is 0 Å². The van der Waals surface area contributed by atoms with Crippen molar-refractivity contribution in [2.24, 2.45) is 0 Å². The number of unbranched alkanes of at least 4 members (excludes halogenated alkanes) is 3. The molecule has 0 radical (unpaired) electrons. The van der Waals surface area contributed by atoms with Crippen molar-refractivity contribution in [1.29, 1.82) is 0 Å². The Morgan fingerprint density at radius 3 is 2.50 bits per heavy atom.